The second-order valence-corrected chi connectivity index (χ2v) is 6.04. The van der Waals surface area contributed by atoms with Gasteiger partial charge in [0.25, 0.3) is 0 Å². The van der Waals surface area contributed by atoms with Gasteiger partial charge in [-0.15, -0.1) is 0 Å². The summed E-state index contributed by atoms with van der Waals surface area (Å²) in [6.45, 7) is 5.61. The molecule has 0 bridgehead atoms. The van der Waals surface area contributed by atoms with E-state index in [0.29, 0.717) is 12.1 Å². The molecule has 0 spiro atoms. The molecule has 3 unspecified atom stereocenters. The average molecular weight is 260 g/mol. The fraction of sp³-hybridized carbons (Fsp3) is 0.625. The van der Waals surface area contributed by atoms with Crippen LogP contribution in [0.4, 0.5) is 5.69 Å². The van der Waals surface area contributed by atoms with Crippen LogP contribution in [0.5, 0.6) is 0 Å². The maximum atomic E-state index is 5.44. The van der Waals surface area contributed by atoms with E-state index in [9.17, 15) is 0 Å². The van der Waals surface area contributed by atoms with Crippen molar-refractivity contribution in [3.63, 3.8) is 0 Å². The van der Waals surface area contributed by atoms with E-state index in [0.717, 1.165) is 25.4 Å². The average Bonchev–Trinajstić information content (AvgIpc) is 2.86. The molecule has 1 aromatic carbocycles. The smallest absolute Gasteiger partial charge is 0.0711 e. The number of nitrogens with zero attached hydrogens (tertiary/aromatic N) is 1. The number of para-hydroxylation sites is 1. The second-order valence-electron chi connectivity index (χ2n) is 6.04. The molecular weight excluding hydrogens is 236 g/mol. The van der Waals surface area contributed by atoms with E-state index >= 15 is 0 Å². The van der Waals surface area contributed by atoms with Crippen molar-refractivity contribution >= 4 is 5.69 Å². The van der Waals surface area contributed by atoms with Crippen LogP contribution in [0.15, 0.2) is 24.3 Å². The van der Waals surface area contributed by atoms with Crippen molar-refractivity contribution in [2.75, 3.05) is 31.6 Å². The number of fused-ring (bicyclic) bond motifs is 1. The van der Waals surface area contributed by atoms with Crippen molar-refractivity contribution in [3.8, 4) is 0 Å². The van der Waals surface area contributed by atoms with Crippen molar-refractivity contribution in [2.45, 2.75) is 31.9 Å². The van der Waals surface area contributed by atoms with Gasteiger partial charge >= 0.3 is 0 Å². The van der Waals surface area contributed by atoms with Crippen LogP contribution in [0.1, 0.15) is 18.9 Å². The zero-order valence-corrected chi connectivity index (χ0v) is 11.9. The molecule has 0 amide bonds. The van der Waals surface area contributed by atoms with E-state index < -0.39 is 0 Å². The molecule has 0 saturated carbocycles. The number of methoxy groups -OCH3 is 1. The van der Waals surface area contributed by atoms with Crippen LogP contribution < -0.4 is 10.2 Å². The Labute approximate surface area is 115 Å². The summed E-state index contributed by atoms with van der Waals surface area (Å²) in [6.07, 6.45) is 2.73. The fourth-order valence-electron chi connectivity index (χ4n) is 3.45. The topological polar surface area (TPSA) is 24.5 Å². The van der Waals surface area contributed by atoms with E-state index in [1.165, 1.54) is 24.2 Å². The minimum Gasteiger partial charge on any atom is -0.380 e. The molecule has 0 aromatic heterocycles. The highest BCUT2D eigenvalue weighted by Gasteiger charge is 2.28. The maximum absolute atomic E-state index is 5.44. The van der Waals surface area contributed by atoms with Gasteiger partial charge < -0.3 is 15.0 Å². The van der Waals surface area contributed by atoms with Gasteiger partial charge in [0.1, 0.15) is 0 Å². The minimum atomic E-state index is 0.391. The number of anilines is 1. The number of benzene rings is 1. The van der Waals surface area contributed by atoms with E-state index in [2.05, 4.69) is 41.4 Å². The molecule has 3 atom stereocenters. The summed E-state index contributed by atoms with van der Waals surface area (Å²) >= 11 is 0. The molecule has 3 rings (SSSR count). The van der Waals surface area contributed by atoms with Gasteiger partial charge in [0.15, 0.2) is 0 Å². The zero-order valence-electron chi connectivity index (χ0n) is 11.9. The van der Waals surface area contributed by atoms with E-state index in [1.54, 1.807) is 0 Å². The molecule has 1 saturated heterocycles. The lowest BCUT2D eigenvalue weighted by molar-refractivity contribution is 0.117. The zero-order chi connectivity index (χ0) is 13.2. The molecule has 1 N–H and O–H groups in total. The van der Waals surface area contributed by atoms with Crippen molar-refractivity contribution in [2.24, 2.45) is 5.92 Å². The van der Waals surface area contributed by atoms with Crippen LogP contribution >= 0.6 is 0 Å². The lowest BCUT2D eigenvalue weighted by atomic mass is 9.93. The second kappa shape index (κ2) is 5.51. The van der Waals surface area contributed by atoms with Crippen LogP contribution in [0, 0.1) is 5.92 Å². The highest BCUT2D eigenvalue weighted by Crippen LogP contribution is 2.30. The molecule has 104 valence electrons. The third-order valence-corrected chi connectivity index (χ3v) is 4.39. The minimum absolute atomic E-state index is 0.391. The third-order valence-electron chi connectivity index (χ3n) is 4.39. The van der Waals surface area contributed by atoms with Gasteiger partial charge in [0.2, 0.25) is 0 Å². The van der Waals surface area contributed by atoms with Crippen LogP contribution in [0.25, 0.3) is 0 Å². The normalized spacial score (nSPS) is 30.4. The summed E-state index contributed by atoms with van der Waals surface area (Å²) in [4.78, 5) is 2.55. The van der Waals surface area contributed by atoms with Crippen molar-refractivity contribution in [1.82, 2.24) is 5.32 Å². The van der Waals surface area contributed by atoms with E-state index in [4.69, 9.17) is 4.74 Å². The van der Waals surface area contributed by atoms with Gasteiger partial charge in [0, 0.05) is 38.5 Å². The predicted molar refractivity (Wildman–Crippen MR) is 78.7 cm³/mol. The van der Waals surface area contributed by atoms with Gasteiger partial charge in [0.05, 0.1) is 6.10 Å². The van der Waals surface area contributed by atoms with Crippen LogP contribution in [0.2, 0.25) is 0 Å². The number of hydrogen-bond donors (Lipinski definition) is 1. The Morgan fingerprint density at radius 1 is 1.37 bits per heavy atom. The molecule has 3 heteroatoms. The monoisotopic (exact) mass is 260 g/mol. The summed E-state index contributed by atoms with van der Waals surface area (Å²) in [7, 11) is 1.81. The Kier molecular flexibility index (Phi) is 3.76. The van der Waals surface area contributed by atoms with Crippen LogP contribution in [0.3, 0.4) is 0 Å². The summed E-state index contributed by atoms with van der Waals surface area (Å²) in [5.74, 6) is 0.745. The van der Waals surface area contributed by atoms with Gasteiger partial charge in [-0.05, 0) is 30.4 Å². The molecule has 0 radical (unpaired) electrons. The quantitative estimate of drug-likeness (QED) is 0.900. The molecular formula is C16H24N2O. The summed E-state index contributed by atoms with van der Waals surface area (Å²) < 4.78 is 5.44. The predicted octanol–water partition coefficient (Wildman–Crippen LogP) is 2.06. The first kappa shape index (κ1) is 12.9. The summed E-state index contributed by atoms with van der Waals surface area (Å²) in [5, 5.41) is 3.58. The standard InChI is InChI=1S/C16H24N2O/c1-12-7-13-5-3-4-6-16(13)18(10-12)11-14-8-15(19-2)9-17-14/h3-6,12,14-15,17H,7-11H2,1-2H3. The Morgan fingerprint density at radius 3 is 3.00 bits per heavy atom. The van der Waals surface area contributed by atoms with E-state index in [1.807, 2.05) is 7.11 Å². The molecule has 2 aliphatic rings. The number of hydrogen-bond acceptors (Lipinski definition) is 3. The number of rotatable bonds is 3. The van der Waals surface area contributed by atoms with Crippen LogP contribution in [-0.4, -0.2) is 38.9 Å². The first-order chi connectivity index (χ1) is 9.26. The first-order valence-electron chi connectivity index (χ1n) is 7.35. The van der Waals surface area contributed by atoms with Crippen molar-refractivity contribution < 1.29 is 4.74 Å². The fourth-order valence-corrected chi connectivity index (χ4v) is 3.45. The summed E-state index contributed by atoms with van der Waals surface area (Å²) in [6, 6.07) is 9.41. The third kappa shape index (κ3) is 2.77. The highest BCUT2D eigenvalue weighted by molar-refractivity contribution is 5.55. The van der Waals surface area contributed by atoms with Crippen molar-refractivity contribution in [3.05, 3.63) is 29.8 Å². The molecule has 19 heavy (non-hydrogen) atoms. The van der Waals surface area contributed by atoms with Gasteiger partial charge in [-0.3, -0.25) is 0 Å². The highest BCUT2D eigenvalue weighted by atomic mass is 16.5. The molecule has 2 aliphatic heterocycles. The Bertz CT molecular complexity index is 435. The first-order valence-corrected chi connectivity index (χ1v) is 7.35. The Morgan fingerprint density at radius 2 is 2.21 bits per heavy atom. The lowest BCUT2D eigenvalue weighted by Gasteiger charge is -2.36. The largest absolute Gasteiger partial charge is 0.380 e. The van der Waals surface area contributed by atoms with Gasteiger partial charge in [-0.25, -0.2) is 0 Å². The Balaban J connectivity index is 1.71. The molecule has 0 aliphatic carbocycles. The molecule has 3 nitrogen and oxygen atoms in total. The lowest BCUT2D eigenvalue weighted by Crippen LogP contribution is -2.42. The molecule has 1 aromatic rings. The van der Waals surface area contributed by atoms with Gasteiger partial charge in [-0.2, -0.15) is 0 Å². The Hall–Kier alpha value is -1.06. The van der Waals surface area contributed by atoms with Crippen molar-refractivity contribution in [1.29, 1.82) is 0 Å². The number of ether oxygens (including phenoxy) is 1. The SMILES string of the molecule is COC1CNC(CN2CC(C)Cc3ccccc32)C1. The number of nitrogens with one attached hydrogen (secondary N) is 1. The molecule has 1 fully saturated rings. The molecule has 2 heterocycles. The van der Waals surface area contributed by atoms with Crippen LogP contribution in [-0.2, 0) is 11.2 Å². The summed E-state index contributed by atoms with van der Waals surface area (Å²) in [5.41, 5.74) is 2.94. The van der Waals surface area contributed by atoms with E-state index in [-0.39, 0.29) is 0 Å². The van der Waals surface area contributed by atoms with Gasteiger partial charge in [-0.1, -0.05) is 25.1 Å². The maximum Gasteiger partial charge on any atom is 0.0711 e.